The van der Waals surface area contributed by atoms with Gasteiger partial charge in [-0.2, -0.15) is 0 Å². The van der Waals surface area contributed by atoms with E-state index < -0.39 is 0 Å². The molecule has 1 aliphatic rings. The molecule has 2 unspecified atom stereocenters. The van der Waals surface area contributed by atoms with Crippen LogP contribution in [0.25, 0.3) is 0 Å². The summed E-state index contributed by atoms with van der Waals surface area (Å²) in [6.07, 6.45) is 5.65. The Labute approximate surface area is 102 Å². The minimum atomic E-state index is 0.370. The van der Waals surface area contributed by atoms with Gasteiger partial charge in [0.05, 0.1) is 0 Å². The third kappa shape index (κ3) is 3.23. The largest absolute Gasteiger partial charge is 0.313 e. The van der Waals surface area contributed by atoms with Gasteiger partial charge in [0.1, 0.15) is 0 Å². The van der Waals surface area contributed by atoms with E-state index in [1.54, 1.807) is 0 Å². The minimum Gasteiger partial charge on any atom is -0.313 e. The first-order valence-corrected chi connectivity index (χ1v) is 7.02. The van der Waals surface area contributed by atoms with E-state index in [1.807, 2.05) is 0 Å². The number of rotatable bonds is 3. The average molecular weight is 225 g/mol. The highest BCUT2D eigenvalue weighted by Crippen LogP contribution is 2.45. The van der Waals surface area contributed by atoms with E-state index in [9.17, 15) is 0 Å². The van der Waals surface area contributed by atoms with E-state index >= 15 is 0 Å². The van der Waals surface area contributed by atoms with E-state index in [0.717, 1.165) is 12.5 Å². The summed E-state index contributed by atoms with van der Waals surface area (Å²) in [7, 11) is 0. The first-order chi connectivity index (χ1) is 7.29. The zero-order chi connectivity index (χ0) is 12.4. The summed E-state index contributed by atoms with van der Waals surface area (Å²) in [4.78, 5) is 0. The first kappa shape index (κ1) is 14.0. The van der Waals surface area contributed by atoms with Crippen molar-refractivity contribution in [2.45, 2.75) is 73.3 Å². The Balaban J connectivity index is 2.84. The Kier molecular flexibility index (Phi) is 4.45. The second kappa shape index (κ2) is 5.08. The molecule has 0 amide bonds. The Morgan fingerprint density at radius 3 is 2.31 bits per heavy atom. The summed E-state index contributed by atoms with van der Waals surface area (Å²) in [5, 5.41) is 3.75. The Morgan fingerprint density at radius 2 is 1.88 bits per heavy atom. The topological polar surface area (TPSA) is 12.0 Å². The van der Waals surface area contributed by atoms with Crippen molar-refractivity contribution in [3.05, 3.63) is 0 Å². The van der Waals surface area contributed by atoms with Crippen LogP contribution in [-0.2, 0) is 0 Å². The van der Waals surface area contributed by atoms with Gasteiger partial charge in [-0.05, 0) is 36.1 Å². The molecule has 1 aliphatic carbocycles. The van der Waals surface area contributed by atoms with Crippen molar-refractivity contribution in [1.82, 2.24) is 5.32 Å². The van der Waals surface area contributed by atoms with Gasteiger partial charge in [0, 0.05) is 6.04 Å². The molecule has 96 valence electrons. The molecule has 0 bridgehead atoms. The normalized spacial score (nSPS) is 27.8. The Hall–Kier alpha value is -0.0400. The van der Waals surface area contributed by atoms with Crippen LogP contribution in [0.1, 0.15) is 67.2 Å². The van der Waals surface area contributed by atoms with Gasteiger partial charge in [0.2, 0.25) is 0 Å². The Morgan fingerprint density at radius 1 is 1.25 bits per heavy atom. The third-order valence-corrected chi connectivity index (χ3v) is 4.35. The van der Waals surface area contributed by atoms with Crippen LogP contribution < -0.4 is 5.32 Å². The van der Waals surface area contributed by atoms with Gasteiger partial charge in [-0.25, -0.2) is 0 Å². The fourth-order valence-corrected chi connectivity index (χ4v) is 3.41. The van der Waals surface area contributed by atoms with Crippen LogP contribution in [0.3, 0.4) is 0 Å². The van der Waals surface area contributed by atoms with Crippen molar-refractivity contribution >= 4 is 0 Å². The van der Waals surface area contributed by atoms with Crippen molar-refractivity contribution in [3.8, 4) is 0 Å². The van der Waals surface area contributed by atoms with E-state index in [-0.39, 0.29) is 0 Å². The van der Waals surface area contributed by atoms with Crippen molar-refractivity contribution in [1.29, 1.82) is 0 Å². The highest BCUT2D eigenvalue weighted by molar-refractivity contribution is 4.95. The monoisotopic (exact) mass is 225 g/mol. The molecule has 0 aromatic rings. The highest BCUT2D eigenvalue weighted by Gasteiger charge is 2.41. The van der Waals surface area contributed by atoms with E-state index in [0.29, 0.717) is 16.9 Å². The molecule has 0 saturated heterocycles. The van der Waals surface area contributed by atoms with Gasteiger partial charge < -0.3 is 5.32 Å². The van der Waals surface area contributed by atoms with Crippen molar-refractivity contribution in [2.24, 2.45) is 16.7 Å². The van der Waals surface area contributed by atoms with Gasteiger partial charge in [0.15, 0.2) is 0 Å². The lowest BCUT2D eigenvalue weighted by Crippen LogP contribution is -2.51. The zero-order valence-electron chi connectivity index (χ0n) is 12.2. The molecule has 16 heavy (non-hydrogen) atoms. The average Bonchev–Trinajstić information content (AvgIpc) is 2.13. The summed E-state index contributed by atoms with van der Waals surface area (Å²) in [6, 6.07) is 0.660. The number of nitrogens with one attached hydrogen (secondary N) is 1. The maximum Gasteiger partial charge on any atom is 0.0149 e. The lowest BCUT2D eigenvalue weighted by atomic mass is 9.61. The molecule has 1 fully saturated rings. The summed E-state index contributed by atoms with van der Waals surface area (Å²) in [6.45, 7) is 15.4. The molecule has 1 nitrogen and oxygen atoms in total. The van der Waals surface area contributed by atoms with Crippen LogP contribution in [0, 0.1) is 16.7 Å². The predicted octanol–water partition coefficient (Wildman–Crippen LogP) is 4.23. The van der Waals surface area contributed by atoms with Crippen LogP contribution >= 0.6 is 0 Å². The van der Waals surface area contributed by atoms with Gasteiger partial charge in [-0.3, -0.25) is 0 Å². The molecule has 0 aliphatic heterocycles. The lowest BCUT2D eigenvalue weighted by molar-refractivity contribution is 0.0518. The molecule has 1 N–H and O–H groups in total. The zero-order valence-corrected chi connectivity index (χ0v) is 12.2. The molecule has 0 heterocycles. The maximum atomic E-state index is 3.75. The van der Waals surface area contributed by atoms with Gasteiger partial charge in [-0.15, -0.1) is 0 Å². The van der Waals surface area contributed by atoms with Crippen LogP contribution in [0.2, 0.25) is 0 Å². The molecule has 2 atom stereocenters. The van der Waals surface area contributed by atoms with Gasteiger partial charge in [-0.1, -0.05) is 54.4 Å². The van der Waals surface area contributed by atoms with Crippen LogP contribution in [0.5, 0.6) is 0 Å². The predicted molar refractivity (Wildman–Crippen MR) is 72.7 cm³/mol. The fourth-order valence-electron chi connectivity index (χ4n) is 3.41. The smallest absolute Gasteiger partial charge is 0.0149 e. The van der Waals surface area contributed by atoms with E-state index in [1.165, 1.54) is 25.7 Å². The van der Waals surface area contributed by atoms with Crippen LogP contribution in [0.4, 0.5) is 0 Å². The van der Waals surface area contributed by atoms with Gasteiger partial charge in [0.25, 0.3) is 0 Å². The Bertz CT molecular complexity index is 210. The molecule has 1 saturated carbocycles. The van der Waals surface area contributed by atoms with E-state index in [2.05, 4.69) is 46.9 Å². The van der Waals surface area contributed by atoms with Gasteiger partial charge >= 0.3 is 0 Å². The molecule has 0 spiro atoms. The third-order valence-electron chi connectivity index (χ3n) is 4.35. The fraction of sp³-hybridized carbons (Fsp3) is 1.00. The molecule has 0 aromatic heterocycles. The molecule has 1 rings (SSSR count). The number of hydrogen-bond acceptors (Lipinski definition) is 1. The summed E-state index contributed by atoms with van der Waals surface area (Å²) < 4.78 is 0. The second-order valence-electron chi connectivity index (χ2n) is 7.24. The lowest BCUT2D eigenvalue weighted by Gasteiger charge is -2.48. The quantitative estimate of drug-likeness (QED) is 0.758. The molecular formula is C15H31N. The summed E-state index contributed by atoms with van der Waals surface area (Å²) in [5.41, 5.74) is 0.883. The molecule has 0 aromatic carbocycles. The van der Waals surface area contributed by atoms with Crippen molar-refractivity contribution in [3.63, 3.8) is 0 Å². The first-order valence-electron chi connectivity index (χ1n) is 7.02. The highest BCUT2D eigenvalue weighted by atomic mass is 14.9. The maximum absolute atomic E-state index is 3.75. The molecule has 1 heteroatoms. The minimum absolute atomic E-state index is 0.370. The van der Waals surface area contributed by atoms with Crippen molar-refractivity contribution < 1.29 is 0 Å². The SMILES string of the molecule is CCNC(C1CCCCC1(C)C)C(C)(C)C. The summed E-state index contributed by atoms with van der Waals surface area (Å²) >= 11 is 0. The molecule has 0 radical (unpaired) electrons. The van der Waals surface area contributed by atoms with E-state index in [4.69, 9.17) is 0 Å². The van der Waals surface area contributed by atoms with Crippen molar-refractivity contribution in [2.75, 3.05) is 6.54 Å². The molecular weight excluding hydrogens is 194 g/mol. The standard InChI is InChI=1S/C15H31N/c1-7-16-13(14(2,3)4)12-10-8-9-11-15(12,5)6/h12-13,16H,7-11H2,1-6H3. The number of hydrogen-bond donors (Lipinski definition) is 1. The summed E-state index contributed by atoms with van der Waals surface area (Å²) in [5.74, 6) is 0.834. The second-order valence-corrected chi connectivity index (χ2v) is 7.24. The van der Waals surface area contributed by atoms with Crippen LogP contribution in [0.15, 0.2) is 0 Å². The van der Waals surface area contributed by atoms with Crippen LogP contribution in [-0.4, -0.2) is 12.6 Å².